The van der Waals surface area contributed by atoms with E-state index in [1.165, 1.54) is 10.0 Å². The molecule has 0 heterocycles. The first-order valence-electron chi connectivity index (χ1n) is 4.45. The highest BCUT2D eigenvalue weighted by molar-refractivity contribution is 9.11. The summed E-state index contributed by atoms with van der Waals surface area (Å²) in [6.07, 6.45) is 7.54. The molecule has 1 aliphatic carbocycles. The Bertz CT molecular complexity index is 335. The lowest BCUT2D eigenvalue weighted by molar-refractivity contribution is 0.844. The molecule has 66 valence electrons. The number of benzene rings is 1. The number of hydrogen-bond donors (Lipinski definition) is 0. The van der Waals surface area contributed by atoms with Crippen LogP contribution >= 0.6 is 15.9 Å². The Kier molecular flexibility index (Phi) is 2.65. The maximum absolute atomic E-state index is 3.60. The van der Waals surface area contributed by atoms with Crippen molar-refractivity contribution < 1.29 is 0 Å². The lowest BCUT2D eigenvalue weighted by Gasteiger charge is -2.17. The molecule has 0 amide bonds. The molecular weight excluding hydrogens is 224 g/mol. The largest absolute Gasteiger partial charge is 0.0835 e. The van der Waals surface area contributed by atoms with Crippen molar-refractivity contribution in [3.63, 3.8) is 0 Å². The number of halogens is 1. The Morgan fingerprint density at radius 1 is 1.15 bits per heavy atom. The third kappa shape index (κ3) is 1.92. The van der Waals surface area contributed by atoms with Gasteiger partial charge in [0.1, 0.15) is 0 Å². The van der Waals surface area contributed by atoms with E-state index < -0.39 is 0 Å². The lowest BCUT2D eigenvalue weighted by Crippen LogP contribution is -1.99. The number of allylic oxidation sites excluding steroid dienone is 4. The first kappa shape index (κ1) is 8.76. The number of rotatable bonds is 1. The second-order valence-corrected chi connectivity index (χ2v) is 4.09. The van der Waals surface area contributed by atoms with Gasteiger partial charge in [-0.1, -0.05) is 64.5 Å². The fourth-order valence-corrected chi connectivity index (χ4v) is 2.19. The summed E-state index contributed by atoms with van der Waals surface area (Å²) in [6.45, 7) is 0. The van der Waals surface area contributed by atoms with Crippen LogP contribution in [0.25, 0.3) is 0 Å². The second kappa shape index (κ2) is 3.93. The SMILES string of the molecule is BrC1=CC=CCC1c1ccccc1. The van der Waals surface area contributed by atoms with E-state index in [2.05, 4.69) is 64.5 Å². The van der Waals surface area contributed by atoms with E-state index in [0.717, 1.165) is 6.42 Å². The summed E-state index contributed by atoms with van der Waals surface area (Å²) in [5, 5.41) is 0. The molecule has 1 atom stereocenters. The fraction of sp³-hybridized carbons (Fsp3) is 0.167. The predicted octanol–water partition coefficient (Wildman–Crippen LogP) is 4.01. The van der Waals surface area contributed by atoms with Crippen molar-refractivity contribution in [1.82, 2.24) is 0 Å². The zero-order valence-corrected chi connectivity index (χ0v) is 8.87. The molecule has 0 bridgehead atoms. The number of hydrogen-bond acceptors (Lipinski definition) is 0. The quantitative estimate of drug-likeness (QED) is 0.689. The van der Waals surface area contributed by atoms with E-state index >= 15 is 0 Å². The summed E-state index contributed by atoms with van der Waals surface area (Å²) in [7, 11) is 0. The van der Waals surface area contributed by atoms with Crippen LogP contribution in [0.1, 0.15) is 17.9 Å². The minimum Gasteiger partial charge on any atom is -0.0835 e. The lowest BCUT2D eigenvalue weighted by atomic mass is 9.93. The summed E-state index contributed by atoms with van der Waals surface area (Å²) in [5.41, 5.74) is 1.38. The van der Waals surface area contributed by atoms with Gasteiger partial charge >= 0.3 is 0 Å². The molecule has 0 aliphatic heterocycles. The van der Waals surface area contributed by atoms with Gasteiger partial charge in [0.25, 0.3) is 0 Å². The van der Waals surface area contributed by atoms with E-state index in [9.17, 15) is 0 Å². The Hall–Kier alpha value is -0.820. The molecule has 0 nitrogen and oxygen atoms in total. The van der Waals surface area contributed by atoms with Gasteiger partial charge in [0, 0.05) is 10.4 Å². The van der Waals surface area contributed by atoms with Crippen LogP contribution in [0.4, 0.5) is 0 Å². The van der Waals surface area contributed by atoms with Crippen LogP contribution in [-0.2, 0) is 0 Å². The molecule has 0 spiro atoms. The van der Waals surface area contributed by atoms with E-state index in [1.807, 2.05) is 0 Å². The third-order valence-electron chi connectivity index (χ3n) is 2.30. The summed E-state index contributed by atoms with van der Waals surface area (Å²) in [4.78, 5) is 0. The molecule has 0 saturated heterocycles. The van der Waals surface area contributed by atoms with Crippen LogP contribution in [0.5, 0.6) is 0 Å². The van der Waals surface area contributed by atoms with Gasteiger partial charge in [-0.3, -0.25) is 0 Å². The molecule has 1 aliphatic rings. The Morgan fingerprint density at radius 3 is 2.62 bits per heavy atom. The normalized spacial score (nSPS) is 21.3. The molecule has 13 heavy (non-hydrogen) atoms. The maximum Gasteiger partial charge on any atom is 0.0190 e. The van der Waals surface area contributed by atoms with Crippen molar-refractivity contribution in [3.05, 3.63) is 58.6 Å². The molecule has 0 saturated carbocycles. The standard InChI is InChI=1S/C12H11Br/c13-12-9-5-4-8-11(12)10-6-2-1-3-7-10/h1-7,9,11H,8H2. The van der Waals surface area contributed by atoms with Gasteiger partial charge in [-0.05, 0) is 12.0 Å². The van der Waals surface area contributed by atoms with Crippen molar-refractivity contribution >= 4 is 15.9 Å². The van der Waals surface area contributed by atoms with Crippen molar-refractivity contribution in [3.8, 4) is 0 Å². The predicted molar refractivity (Wildman–Crippen MR) is 60.0 cm³/mol. The Morgan fingerprint density at radius 2 is 1.92 bits per heavy atom. The second-order valence-electron chi connectivity index (χ2n) is 3.18. The zero-order chi connectivity index (χ0) is 9.10. The van der Waals surface area contributed by atoms with Gasteiger partial charge in [0.2, 0.25) is 0 Å². The minimum absolute atomic E-state index is 0.520. The first-order valence-corrected chi connectivity index (χ1v) is 5.24. The average molecular weight is 235 g/mol. The highest BCUT2D eigenvalue weighted by Crippen LogP contribution is 2.34. The molecular formula is C12H11Br. The third-order valence-corrected chi connectivity index (χ3v) is 3.12. The van der Waals surface area contributed by atoms with Gasteiger partial charge < -0.3 is 0 Å². The van der Waals surface area contributed by atoms with Crippen LogP contribution in [0, 0.1) is 0 Å². The van der Waals surface area contributed by atoms with E-state index in [0.29, 0.717) is 5.92 Å². The minimum atomic E-state index is 0.520. The topological polar surface area (TPSA) is 0 Å². The smallest absolute Gasteiger partial charge is 0.0190 e. The van der Waals surface area contributed by atoms with Crippen molar-refractivity contribution in [2.75, 3.05) is 0 Å². The molecule has 2 rings (SSSR count). The van der Waals surface area contributed by atoms with Crippen LogP contribution in [-0.4, -0.2) is 0 Å². The summed E-state index contributed by atoms with van der Waals surface area (Å²) >= 11 is 3.60. The average Bonchev–Trinajstić information content (AvgIpc) is 2.20. The summed E-state index contributed by atoms with van der Waals surface area (Å²) in [6, 6.07) is 10.6. The van der Waals surface area contributed by atoms with Crippen molar-refractivity contribution in [2.24, 2.45) is 0 Å². The highest BCUT2D eigenvalue weighted by Gasteiger charge is 2.14. The van der Waals surface area contributed by atoms with Gasteiger partial charge in [-0.2, -0.15) is 0 Å². The van der Waals surface area contributed by atoms with Gasteiger partial charge in [0.15, 0.2) is 0 Å². The van der Waals surface area contributed by atoms with Crippen LogP contribution < -0.4 is 0 Å². The molecule has 1 aromatic carbocycles. The summed E-state index contributed by atoms with van der Waals surface area (Å²) in [5.74, 6) is 0.520. The van der Waals surface area contributed by atoms with E-state index in [1.54, 1.807) is 0 Å². The molecule has 0 N–H and O–H groups in total. The van der Waals surface area contributed by atoms with Crippen LogP contribution in [0.2, 0.25) is 0 Å². The Labute approximate surface area is 87.1 Å². The van der Waals surface area contributed by atoms with Crippen molar-refractivity contribution in [1.29, 1.82) is 0 Å². The maximum atomic E-state index is 3.60. The summed E-state index contributed by atoms with van der Waals surface area (Å²) < 4.78 is 1.28. The van der Waals surface area contributed by atoms with Gasteiger partial charge in [0.05, 0.1) is 0 Å². The molecule has 0 aromatic heterocycles. The van der Waals surface area contributed by atoms with Gasteiger partial charge in [-0.25, -0.2) is 0 Å². The zero-order valence-electron chi connectivity index (χ0n) is 7.28. The monoisotopic (exact) mass is 234 g/mol. The molecule has 0 fully saturated rings. The highest BCUT2D eigenvalue weighted by atomic mass is 79.9. The van der Waals surface area contributed by atoms with Crippen LogP contribution in [0.3, 0.4) is 0 Å². The molecule has 1 heteroatoms. The van der Waals surface area contributed by atoms with E-state index in [-0.39, 0.29) is 0 Å². The molecule has 0 radical (unpaired) electrons. The Balaban J connectivity index is 2.28. The first-order chi connectivity index (χ1) is 6.38. The van der Waals surface area contributed by atoms with Gasteiger partial charge in [-0.15, -0.1) is 0 Å². The fourth-order valence-electron chi connectivity index (χ4n) is 1.58. The molecule has 1 unspecified atom stereocenters. The molecule has 1 aromatic rings. The van der Waals surface area contributed by atoms with Crippen molar-refractivity contribution in [2.45, 2.75) is 12.3 Å². The van der Waals surface area contributed by atoms with E-state index in [4.69, 9.17) is 0 Å². The van der Waals surface area contributed by atoms with Crippen LogP contribution in [0.15, 0.2) is 53.0 Å².